The molecule has 2 fully saturated rings. The summed E-state index contributed by atoms with van der Waals surface area (Å²) in [7, 11) is 0. The predicted octanol–water partition coefficient (Wildman–Crippen LogP) is -0.304. The van der Waals surface area contributed by atoms with Crippen molar-refractivity contribution in [1.29, 1.82) is 0 Å². The Morgan fingerprint density at radius 2 is 2.18 bits per heavy atom. The van der Waals surface area contributed by atoms with Gasteiger partial charge in [0.15, 0.2) is 0 Å². The lowest BCUT2D eigenvalue weighted by Gasteiger charge is -2.27. The van der Waals surface area contributed by atoms with Crippen molar-refractivity contribution in [2.75, 3.05) is 6.61 Å². The topological polar surface area (TPSA) is 66.8 Å². The van der Waals surface area contributed by atoms with E-state index in [9.17, 15) is 14.7 Å². The van der Waals surface area contributed by atoms with Crippen LogP contribution in [0.15, 0.2) is 12.2 Å². The number of hydrogen-bond donors (Lipinski definition) is 1. The van der Waals surface area contributed by atoms with Crippen molar-refractivity contribution >= 4 is 11.8 Å². The first-order chi connectivity index (χ1) is 8.02. The first-order valence-electron chi connectivity index (χ1n) is 5.87. The first kappa shape index (κ1) is 10.9. The Hall–Kier alpha value is -1.20. The minimum atomic E-state index is -0.967. The van der Waals surface area contributed by atoms with Gasteiger partial charge in [-0.15, -0.1) is 0 Å². The van der Waals surface area contributed by atoms with Crippen LogP contribution in [0.25, 0.3) is 0 Å². The molecule has 0 aromatic heterocycles. The standard InChI is InChI=1S/C12H15NO4/c1-6(2)13-10(15)8-7-3-4-12(5-14,17-7)9(8)11(13)16/h3-4,6-9,14H,5H2,1-2H3/t7-,8+,9-,12-/m1/s1. The normalized spacial score (nSPS) is 43.1. The molecule has 4 atom stereocenters. The molecule has 2 bridgehead atoms. The smallest absolute Gasteiger partial charge is 0.236 e. The molecular formula is C12H15NO4. The zero-order chi connectivity index (χ0) is 12.4. The van der Waals surface area contributed by atoms with E-state index in [1.165, 1.54) is 4.90 Å². The lowest BCUT2D eigenvalue weighted by molar-refractivity contribution is -0.147. The molecule has 0 spiro atoms. The molecule has 0 unspecified atom stereocenters. The summed E-state index contributed by atoms with van der Waals surface area (Å²) in [4.78, 5) is 25.8. The Morgan fingerprint density at radius 3 is 2.76 bits per heavy atom. The lowest BCUT2D eigenvalue weighted by atomic mass is 9.77. The number of carbonyl (C=O) groups excluding carboxylic acids is 2. The van der Waals surface area contributed by atoms with Crippen LogP contribution >= 0.6 is 0 Å². The molecule has 0 aromatic carbocycles. The van der Waals surface area contributed by atoms with Crippen LogP contribution in [0.4, 0.5) is 0 Å². The molecule has 3 aliphatic rings. The van der Waals surface area contributed by atoms with Gasteiger partial charge in [-0.3, -0.25) is 14.5 Å². The van der Waals surface area contributed by atoms with Gasteiger partial charge < -0.3 is 9.84 Å². The van der Waals surface area contributed by atoms with E-state index in [4.69, 9.17) is 4.74 Å². The minimum absolute atomic E-state index is 0.143. The van der Waals surface area contributed by atoms with Crippen molar-refractivity contribution in [3.05, 3.63) is 12.2 Å². The van der Waals surface area contributed by atoms with Gasteiger partial charge in [0.25, 0.3) is 0 Å². The number of hydrogen-bond acceptors (Lipinski definition) is 4. The molecule has 2 amide bonds. The van der Waals surface area contributed by atoms with Crippen LogP contribution in [0, 0.1) is 11.8 Å². The van der Waals surface area contributed by atoms with E-state index in [0.717, 1.165) is 0 Å². The third-order valence-electron chi connectivity index (χ3n) is 3.95. The van der Waals surface area contributed by atoms with Crippen LogP contribution in [0.2, 0.25) is 0 Å². The molecule has 3 aliphatic heterocycles. The predicted molar refractivity (Wildman–Crippen MR) is 57.8 cm³/mol. The van der Waals surface area contributed by atoms with Gasteiger partial charge in [0, 0.05) is 6.04 Å². The first-order valence-corrected chi connectivity index (χ1v) is 5.87. The van der Waals surface area contributed by atoms with Crippen molar-refractivity contribution < 1.29 is 19.4 Å². The molecule has 5 nitrogen and oxygen atoms in total. The number of carbonyl (C=O) groups is 2. The van der Waals surface area contributed by atoms with Crippen molar-refractivity contribution in [2.24, 2.45) is 11.8 Å². The summed E-state index contributed by atoms with van der Waals surface area (Å²) in [5, 5.41) is 9.46. The number of likely N-dealkylation sites (tertiary alicyclic amines) is 1. The molecule has 17 heavy (non-hydrogen) atoms. The number of aliphatic hydroxyl groups is 1. The summed E-state index contributed by atoms with van der Waals surface area (Å²) in [5.74, 6) is -1.37. The average molecular weight is 237 g/mol. The molecule has 0 radical (unpaired) electrons. The number of fused-ring (bicyclic) bond motifs is 5. The summed E-state index contributed by atoms with van der Waals surface area (Å²) in [6, 6.07) is -0.143. The number of aliphatic hydroxyl groups excluding tert-OH is 1. The Kier molecular flexibility index (Phi) is 2.04. The van der Waals surface area contributed by atoms with Crippen molar-refractivity contribution in [3.63, 3.8) is 0 Å². The van der Waals surface area contributed by atoms with Crippen LogP contribution in [0.5, 0.6) is 0 Å². The fourth-order valence-electron chi connectivity index (χ4n) is 3.22. The molecule has 3 heterocycles. The van der Waals surface area contributed by atoms with Crippen LogP contribution in [0.3, 0.4) is 0 Å². The van der Waals surface area contributed by atoms with Gasteiger partial charge in [-0.05, 0) is 13.8 Å². The maximum atomic E-state index is 12.3. The summed E-state index contributed by atoms with van der Waals surface area (Å²) >= 11 is 0. The number of imide groups is 1. The lowest BCUT2D eigenvalue weighted by Crippen LogP contribution is -2.44. The highest BCUT2D eigenvalue weighted by Crippen LogP contribution is 2.51. The van der Waals surface area contributed by atoms with Crippen LogP contribution in [-0.2, 0) is 14.3 Å². The van der Waals surface area contributed by atoms with Gasteiger partial charge in [-0.1, -0.05) is 12.2 Å². The second-order valence-corrected chi connectivity index (χ2v) is 5.20. The molecule has 1 N–H and O–H groups in total. The van der Waals surface area contributed by atoms with Gasteiger partial charge in [-0.25, -0.2) is 0 Å². The average Bonchev–Trinajstić information content (AvgIpc) is 2.89. The van der Waals surface area contributed by atoms with E-state index < -0.39 is 17.4 Å². The molecule has 2 saturated heterocycles. The Labute approximate surface area is 99.0 Å². The van der Waals surface area contributed by atoms with Crippen LogP contribution in [0.1, 0.15) is 13.8 Å². The zero-order valence-corrected chi connectivity index (χ0v) is 9.79. The molecule has 92 valence electrons. The fourth-order valence-corrected chi connectivity index (χ4v) is 3.22. The molecule has 3 rings (SSSR count). The third-order valence-corrected chi connectivity index (χ3v) is 3.95. The Morgan fingerprint density at radius 1 is 1.47 bits per heavy atom. The Bertz CT molecular complexity index is 430. The van der Waals surface area contributed by atoms with Crippen molar-refractivity contribution in [1.82, 2.24) is 4.90 Å². The molecule has 5 heteroatoms. The van der Waals surface area contributed by atoms with Gasteiger partial charge >= 0.3 is 0 Å². The molecule has 0 saturated carbocycles. The molecule has 0 aromatic rings. The van der Waals surface area contributed by atoms with E-state index in [0.29, 0.717) is 0 Å². The third kappa shape index (κ3) is 1.11. The van der Waals surface area contributed by atoms with Gasteiger partial charge in [0.05, 0.1) is 24.5 Å². The summed E-state index contributed by atoms with van der Waals surface area (Å²) in [5.41, 5.74) is -0.967. The molecular weight excluding hydrogens is 222 g/mol. The van der Waals surface area contributed by atoms with Gasteiger partial charge in [0.1, 0.15) is 5.60 Å². The van der Waals surface area contributed by atoms with E-state index in [2.05, 4.69) is 0 Å². The van der Waals surface area contributed by atoms with Crippen molar-refractivity contribution in [3.8, 4) is 0 Å². The summed E-state index contributed by atoms with van der Waals surface area (Å²) in [6.45, 7) is 3.38. The largest absolute Gasteiger partial charge is 0.393 e. The number of nitrogens with zero attached hydrogens (tertiary/aromatic N) is 1. The highest BCUT2D eigenvalue weighted by molar-refractivity contribution is 6.07. The van der Waals surface area contributed by atoms with E-state index >= 15 is 0 Å². The maximum Gasteiger partial charge on any atom is 0.236 e. The fraction of sp³-hybridized carbons (Fsp3) is 0.667. The monoisotopic (exact) mass is 237 g/mol. The summed E-state index contributed by atoms with van der Waals surface area (Å²) < 4.78 is 5.62. The second kappa shape index (κ2) is 3.17. The number of ether oxygens (including phenoxy) is 1. The number of amides is 2. The van der Waals surface area contributed by atoms with Crippen LogP contribution in [-0.4, -0.2) is 46.2 Å². The highest BCUT2D eigenvalue weighted by atomic mass is 16.5. The van der Waals surface area contributed by atoms with Crippen LogP contribution < -0.4 is 0 Å². The highest BCUT2D eigenvalue weighted by Gasteiger charge is 2.67. The Balaban J connectivity index is 2.04. The van der Waals surface area contributed by atoms with Gasteiger partial charge in [-0.2, -0.15) is 0 Å². The van der Waals surface area contributed by atoms with Crippen molar-refractivity contribution in [2.45, 2.75) is 31.6 Å². The van der Waals surface area contributed by atoms with E-state index in [-0.39, 0.29) is 30.6 Å². The van der Waals surface area contributed by atoms with E-state index in [1.54, 1.807) is 12.2 Å². The SMILES string of the molecule is CC(C)N1C(=O)[C@H]2[C@H]3C=C[C@](CO)(O3)[C@H]2C1=O. The second-order valence-electron chi connectivity index (χ2n) is 5.20. The van der Waals surface area contributed by atoms with E-state index in [1.807, 2.05) is 13.8 Å². The summed E-state index contributed by atoms with van der Waals surface area (Å²) in [6.07, 6.45) is 3.16. The van der Waals surface area contributed by atoms with Gasteiger partial charge in [0.2, 0.25) is 11.8 Å². The maximum absolute atomic E-state index is 12.3. The molecule has 0 aliphatic carbocycles. The quantitative estimate of drug-likeness (QED) is 0.528. The minimum Gasteiger partial charge on any atom is -0.393 e. The zero-order valence-electron chi connectivity index (χ0n) is 9.79. The number of rotatable bonds is 2.